The van der Waals surface area contributed by atoms with Crippen molar-refractivity contribution in [2.24, 2.45) is 4.99 Å². The maximum absolute atomic E-state index is 12.9. The molecular formula is C22H25N3O4. The molecule has 0 fully saturated rings. The number of rotatable bonds is 10. The van der Waals surface area contributed by atoms with Gasteiger partial charge in [0.25, 0.3) is 5.91 Å². The average molecular weight is 395 g/mol. The number of hydrogen-bond acceptors (Lipinski definition) is 6. The van der Waals surface area contributed by atoms with E-state index in [1.54, 1.807) is 6.08 Å². The van der Waals surface area contributed by atoms with Crippen molar-refractivity contribution in [3.63, 3.8) is 0 Å². The Kier molecular flexibility index (Phi) is 6.86. The van der Waals surface area contributed by atoms with Gasteiger partial charge in [-0.3, -0.25) is 15.6 Å². The van der Waals surface area contributed by atoms with Crippen LogP contribution in [0.4, 0.5) is 5.69 Å². The zero-order valence-corrected chi connectivity index (χ0v) is 16.1. The number of carbonyl (C=O) groups is 1. The lowest BCUT2D eigenvalue weighted by Crippen LogP contribution is -2.48. The number of nitrogens with one attached hydrogen (secondary N) is 2. The summed E-state index contributed by atoms with van der Waals surface area (Å²) in [4.78, 5) is 17.5. The van der Waals surface area contributed by atoms with E-state index in [0.29, 0.717) is 31.1 Å². The largest absolute Gasteiger partial charge is 0.494 e. The lowest BCUT2D eigenvalue weighted by molar-refractivity contribution is -0.126. The molecule has 29 heavy (non-hydrogen) atoms. The van der Waals surface area contributed by atoms with Crippen LogP contribution in [0.5, 0.6) is 5.75 Å². The first-order valence-electron chi connectivity index (χ1n) is 9.46. The number of amides is 1. The van der Waals surface area contributed by atoms with Crippen molar-refractivity contribution in [3.05, 3.63) is 72.8 Å². The number of nitrogens with zero attached hydrogens (tertiary/aromatic N) is 1. The van der Waals surface area contributed by atoms with Crippen LogP contribution >= 0.6 is 0 Å². The fraction of sp³-hybridized carbons (Fsp3) is 0.273. The number of anilines is 1. The fourth-order valence-corrected chi connectivity index (χ4v) is 2.86. The molecule has 1 aliphatic heterocycles. The van der Waals surface area contributed by atoms with Crippen molar-refractivity contribution in [1.82, 2.24) is 5.43 Å². The van der Waals surface area contributed by atoms with Gasteiger partial charge in [-0.15, -0.1) is 6.58 Å². The van der Waals surface area contributed by atoms with Gasteiger partial charge in [-0.05, 0) is 36.4 Å². The van der Waals surface area contributed by atoms with Crippen LogP contribution in [0.1, 0.15) is 18.4 Å². The van der Waals surface area contributed by atoms with E-state index in [-0.39, 0.29) is 19.1 Å². The van der Waals surface area contributed by atoms with Gasteiger partial charge in [-0.2, -0.15) is 0 Å². The van der Waals surface area contributed by atoms with Crippen LogP contribution in [0.2, 0.25) is 0 Å². The number of hydrogen-bond donors (Lipinski definition) is 3. The third-order valence-corrected chi connectivity index (χ3v) is 4.43. The van der Waals surface area contributed by atoms with Gasteiger partial charge in [0.05, 0.1) is 12.3 Å². The Hall–Kier alpha value is -3.32. The van der Waals surface area contributed by atoms with Crippen molar-refractivity contribution in [2.75, 3.05) is 25.2 Å². The molecule has 3 N–H and O–H groups in total. The van der Waals surface area contributed by atoms with Gasteiger partial charge in [0.2, 0.25) is 5.90 Å². The van der Waals surface area contributed by atoms with E-state index < -0.39 is 5.54 Å². The normalized spacial score (nSPS) is 17.8. The van der Waals surface area contributed by atoms with Crippen LogP contribution in [0, 0.1) is 0 Å². The molecule has 1 atom stereocenters. The summed E-state index contributed by atoms with van der Waals surface area (Å²) in [6.07, 6.45) is 2.59. The number of aliphatic imine (C=N–C) groups is 1. The summed E-state index contributed by atoms with van der Waals surface area (Å²) in [6.45, 7) is 4.43. The SMILES string of the molecule is C=CC[C@@]1(C(=O)NNc2ccccc2)COC(c2ccc(OCCCO)cc2)=N1. The maximum Gasteiger partial charge on any atom is 0.270 e. The first kappa shape index (κ1) is 20.4. The molecule has 0 spiro atoms. The van der Waals surface area contributed by atoms with E-state index in [9.17, 15) is 4.79 Å². The monoisotopic (exact) mass is 395 g/mol. The van der Waals surface area contributed by atoms with Crippen molar-refractivity contribution in [3.8, 4) is 5.75 Å². The Balaban J connectivity index is 1.70. The number of ether oxygens (including phenoxy) is 2. The Morgan fingerprint density at radius 3 is 2.69 bits per heavy atom. The highest BCUT2D eigenvalue weighted by atomic mass is 16.5. The van der Waals surface area contributed by atoms with E-state index in [1.165, 1.54) is 0 Å². The van der Waals surface area contributed by atoms with Crippen LogP contribution < -0.4 is 15.6 Å². The second kappa shape index (κ2) is 9.75. The molecule has 3 rings (SSSR count). The van der Waals surface area contributed by atoms with Gasteiger partial charge in [0, 0.05) is 25.0 Å². The molecule has 0 bridgehead atoms. The highest BCUT2D eigenvalue weighted by Gasteiger charge is 2.43. The van der Waals surface area contributed by atoms with E-state index >= 15 is 0 Å². The summed E-state index contributed by atoms with van der Waals surface area (Å²) < 4.78 is 11.3. The zero-order valence-electron chi connectivity index (χ0n) is 16.1. The molecule has 1 amide bonds. The molecule has 0 radical (unpaired) electrons. The highest BCUT2D eigenvalue weighted by Crippen LogP contribution is 2.27. The van der Waals surface area contributed by atoms with Gasteiger partial charge in [0.15, 0.2) is 5.54 Å². The lowest BCUT2D eigenvalue weighted by Gasteiger charge is -2.21. The number of para-hydroxylation sites is 1. The van der Waals surface area contributed by atoms with Gasteiger partial charge in [-0.25, -0.2) is 4.99 Å². The van der Waals surface area contributed by atoms with Crippen molar-refractivity contribution >= 4 is 17.5 Å². The second-order valence-electron chi connectivity index (χ2n) is 6.63. The summed E-state index contributed by atoms with van der Waals surface area (Å²) in [6, 6.07) is 16.6. The smallest absolute Gasteiger partial charge is 0.270 e. The molecule has 7 nitrogen and oxygen atoms in total. The molecule has 0 saturated heterocycles. The van der Waals surface area contributed by atoms with Gasteiger partial charge in [-0.1, -0.05) is 24.3 Å². The third-order valence-electron chi connectivity index (χ3n) is 4.43. The number of benzene rings is 2. The summed E-state index contributed by atoms with van der Waals surface area (Å²) in [7, 11) is 0. The molecule has 0 unspecified atom stereocenters. The summed E-state index contributed by atoms with van der Waals surface area (Å²) >= 11 is 0. The molecule has 0 aliphatic carbocycles. The Morgan fingerprint density at radius 1 is 1.24 bits per heavy atom. The van der Waals surface area contributed by atoms with Crippen LogP contribution in [0.25, 0.3) is 0 Å². The minimum Gasteiger partial charge on any atom is -0.494 e. The van der Waals surface area contributed by atoms with Crippen LogP contribution in [0.3, 0.4) is 0 Å². The van der Waals surface area contributed by atoms with E-state index in [1.807, 2.05) is 54.6 Å². The first-order valence-corrected chi connectivity index (χ1v) is 9.46. The van der Waals surface area contributed by atoms with Gasteiger partial charge < -0.3 is 14.6 Å². The quantitative estimate of drug-likeness (QED) is 0.327. The maximum atomic E-state index is 12.9. The predicted octanol–water partition coefficient (Wildman–Crippen LogP) is 2.68. The van der Waals surface area contributed by atoms with E-state index in [4.69, 9.17) is 14.6 Å². The highest BCUT2D eigenvalue weighted by molar-refractivity contribution is 6.00. The number of hydrazine groups is 1. The standard InChI is InChI=1S/C22H25N3O4/c1-2-13-22(21(27)25-24-18-7-4-3-5-8-18)16-29-20(23-22)17-9-11-19(12-10-17)28-15-6-14-26/h2-5,7-12,24,26H,1,6,13-16H2,(H,25,27)/t22-/m0/s1. The predicted molar refractivity (Wildman–Crippen MR) is 112 cm³/mol. The van der Waals surface area contributed by atoms with Gasteiger partial charge >= 0.3 is 0 Å². The first-order chi connectivity index (χ1) is 14.2. The molecule has 2 aromatic carbocycles. The Morgan fingerprint density at radius 2 is 2.00 bits per heavy atom. The summed E-state index contributed by atoms with van der Waals surface area (Å²) in [5, 5.41) is 8.82. The minimum atomic E-state index is -1.07. The minimum absolute atomic E-state index is 0.0926. The Bertz CT molecular complexity index is 852. The Labute approximate surface area is 170 Å². The molecule has 0 aromatic heterocycles. The molecule has 1 aliphatic rings. The van der Waals surface area contributed by atoms with Crippen LogP contribution in [0.15, 0.2) is 72.2 Å². The van der Waals surface area contributed by atoms with Crippen LogP contribution in [-0.4, -0.2) is 42.3 Å². The topological polar surface area (TPSA) is 92.2 Å². The number of carbonyl (C=O) groups excluding carboxylic acids is 1. The number of aliphatic hydroxyl groups excluding tert-OH is 1. The van der Waals surface area contributed by atoms with Crippen molar-refractivity contribution < 1.29 is 19.4 Å². The molecule has 0 saturated carbocycles. The van der Waals surface area contributed by atoms with Crippen molar-refractivity contribution in [2.45, 2.75) is 18.4 Å². The average Bonchev–Trinajstić information content (AvgIpc) is 3.19. The molecule has 152 valence electrons. The second-order valence-corrected chi connectivity index (χ2v) is 6.63. The third kappa shape index (κ3) is 5.14. The lowest BCUT2D eigenvalue weighted by atomic mass is 9.97. The van der Waals surface area contributed by atoms with E-state index in [2.05, 4.69) is 22.4 Å². The van der Waals surface area contributed by atoms with Crippen molar-refractivity contribution in [1.29, 1.82) is 0 Å². The summed E-state index contributed by atoms with van der Waals surface area (Å²) in [5.74, 6) is 0.812. The van der Waals surface area contributed by atoms with E-state index in [0.717, 1.165) is 11.3 Å². The number of aliphatic hydroxyl groups is 1. The molecule has 1 heterocycles. The summed E-state index contributed by atoms with van der Waals surface area (Å²) in [5.41, 5.74) is 6.07. The zero-order chi connectivity index (χ0) is 20.5. The molecule has 2 aromatic rings. The molecule has 7 heteroatoms. The van der Waals surface area contributed by atoms with Gasteiger partial charge in [0.1, 0.15) is 12.4 Å². The fourth-order valence-electron chi connectivity index (χ4n) is 2.86. The van der Waals surface area contributed by atoms with Crippen LogP contribution in [-0.2, 0) is 9.53 Å². The molecular weight excluding hydrogens is 370 g/mol.